The SMILES string of the molecule is CS(=O)(=O)Nc1ccc2c(c1)C(c1cccc(CCCCCCC#N)c1)Oc1cccc(OC(F)F)c1-2. The molecule has 194 valence electrons. The molecule has 1 N–H and O–H groups in total. The number of halogens is 2. The van der Waals surface area contributed by atoms with E-state index in [0.717, 1.165) is 49.5 Å². The van der Waals surface area contributed by atoms with Crippen molar-refractivity contribution in [1.29, 1.82) is 5.26 Å². The average Bonchev–Trinajstić information content (AvgIpc) is 2.84. The predicted molar refractivity (Wildman–Crippen MR) is 138 cm³/mol. The van der Waals surface area contributed by atoms with Crippen LogP contribution in [0.2, 0.25) is 0 Å². The van der Waals surface area contributed by atoms with Crippen LogP contribution in [0.3, 0.4) is 0 Å². The summed E-state index contributed by atoms with van der Waals surface area (Å²) in [6.45, 7) is -3.00. The minimum absolute atomic E-state index is 0.0128. The third-order valence-electron chi connectivity index (χ3n) is 6.11. The number of benzene rings is 3. The van der Waals surface area contributed by atoms with Crippen molar-refractivity contribution in [3.05, 3.63) is 77.4 Å². The Balaban J connectivity index is 1.69. The molecule has 0 radical (unpaired) electrons. The number of anilines is 1. The summed E-state index contributed by atoms with van der Waals surface area (Å²) in [5.41, 5.74) is 4.01. The molecule has 1 atom stereocenters. The maximum Gasteiger partial charge on any atom is 0.387 e. The van der Waals surface area contributed by atoms with Crippen LogP contribution in [0, 0.1) is 11.3 Å². The van der Waals surface area contributed by atoms with Gasteiger partial charge in [-0.3, -0.25) is 4.72 Å². The summed E-state index contributed by atoms with van der Waals surface area (Å²) in [5.74, 6) is 0.392. The van der Waals surface area contributed by atoms with Crippen molar-refractivity contribution in [1.82, 2.24) is 0 Å². The quantitative estimate of drug-likeness (QED) is 0.277. The number of hydrogen-bond donors (Lipinski definition) is 1. The minimum Gasteiger partial charge on any atom is -0.480 e. The largest absolute Gasteiger partial charge is 0.480 e. The summed E-state index contributed by atoms with van der Waals surface area (Å²) in [6.07, 6.45) is 5.89. The van der Waals surface area contributed by atoms with Crippen LogP contribution in [0.5, 0.6) is 11.5 Å². The third kappa shape index (κ3) is 6.77. The molecule has 1 aliphatic rings. The first kappa shape index (κ1) is 26.4. The van der Waals surface area contributed by atoms with Crippen molar-refractivity contribution >= 4 is 15.7 Å². The van der Waals surface area contributed by atoms with Crippen molar-refractivity contribution in [3.63, 3.8) is 0 Å². The van der Waals surface area contributed by atoms with Gasteiger partial charge in [-0.2, -0.15) is 14.0 Å². The van der Waals surface area contributed by atoms with Gasteiger partial charge in [0.25, 0.3) is 0 Å². The normalized spacial score (nSPS) is 14.3. The molecule has 3 aromatic carbocycles. The monoisotopic (exact) mass is 526 g/mol. The molecule has 3 aromatic rings. The van der Waals surface area contributed by atoms with Gasteiger partial charge in [0, 0.05) is 17.7 Å². The highest BCUT2D eigenvalue weighted by Crippen LogP contribution is 2.49. The summed E-state index contributed by atoms with van der Waals surface area (Å²) in [6, 6.07) is 19.9. The molecule has 0 spiro atoms. The van der Waals surface area contributed by atoms with Crippen LogP contribution in [0.4, 0.5) is 14.5 Å². The number of rotatable bonds is 11. The Kier molecular flexibility index (Phi) is 8.29. The fraction of sp³-hybridized carbons (Fsp3) is 0.321. The number of hydrogen-bond acceptors (Lipinski definition) is 5. The smallest absolute Gasteiger partial charge is 0.387 e. The van der Waals surface area contributed by atoms with E-state index in [-0.39, 0.29) is 5.75 Å². The van der Waals surface area contributed by atoms with Gasteiger partial charge in [-0.15, -0.1) is 0 Å². The fourth-order valence-electron chi connectivity index (χ4n) is 4.59. The van der Waals surface area contributed by atoms with Crippen LogP contribution >= 0.6 is 0 Å². The number of unbranched alkanes of at least 4 members (excludes halogenated alkanes) is 4. The number of fused-ring (bicyclic) bond motifs is 3. The van der Waals surface area contributed by atoms with E-state index >= 15 is 0 Å². The van der Waals surface area contributed by atoms with E-state index in [1.165, 1.54) is 6.07 Å². The minimum atomic E-state index is -3.53. The molecule has 6 nitrogen and oxygen atoms in total. The Morgan fingerprint density at radius 3 is 2.59 bits per heavy atom. The lowest BCUT2D eigenvalue weighted by molar-refractivity contribution is -0.0496. The number of aryl methyl sites for hydroxylation is 1. The Morgan fingerprint density at radius 2 is 1.84 bits per heavy atom. The average molecular weight is 527 g/mol. The Hall–Kier alpha value is -3.64. The molecule has 0 aromatic heterocycles. The molecule has 4 rings (SSSR count). The zero-order chi connectivity index (χ0) is 26.4. The molecule has 9 heteroatoms. The van der Waals surface area contributed by atoms with Crippen molar-refractivity contribution in [3.8, 4) is 28.7 Å². The van der Waals surface area contributed by atoms with Crippen LogP contribution in [-0.4, -0.2) is 21.3 Å². The highest BCUT2D eigenvalue weighted by molar-refractivity contribution is 7.92. The summed E-state index contributed by atoms with van der Waals surface area (Å²) in [7, 11) is -3.53. The summed E-state index contributed by atoms with van der Waals surface area (Å²) < 4.78 is 63.6. The number of ether oxygens (including phenoxy) is 2. The molecule has 1 unspecified atom stereocenters. The van der Waals surface area contributed by atoms with Crippen LogP contribution in [0.15, 0.2) is 60.7 Å². The van der Waals surface area contributed by atoms with Gasteiger partial charge >= 0.3 is 6.61 Å². The molecule has 0 fully saturated rings. The highest BCUT2D eigenvalue weighted by atomic mass is 32.2. The van der Waals surface area contributed by atoms with E-state index in [9.17, 15) is 17.2 Å². The van der Waals surface area contributed by atoms with E-state index in [1.807, 2.05) is 18.2 Å². The summed E-state index contributed by atoms with van der Waals surface area (Å²) in [4.78, 5) is 0. The number of nitriles is 1. The van der Waals surface area contributed by atoms with Gasteiger partial charge in [-0.25, -0.2) is 8.42 Å². The lowest BCUT2D eigenvalue weighted by atomic mass is 9.88. The van der Waals surface area contributed by atoms with E-state index in [2.05, 4.69) is 16.9 Å². The maximum absolute atomic E-state index is 13.1. The Labute approximate surface area is 215 Å². The molecular weight excluding hydrogens is 498 g/mol. The zero-order valence-electron chi connectivity index (χ0n) is 20.4. The van der Waals surface area contributed by atoms with Crippen LogP contribution in [0.25, 0.3) is 11.1 Å². The van der Waals surface area contributed by atoms with E-state index in [4.69, 9.17) is 14.7 Å². The molecule has 37 heavy (non-hydrogen) atoms. The van der Waals surface area contributed by atoms with Gasteiger partial charge in [0.05, 0.1) is 17.9 Å². The second kappa shape index (κ2) is 11.6. The molecular formula is C28H28F2N2O4S. The number of alkyl halides is 2. The predicted octanol–water partition coefficient (Wildman–Crippen LogP) is 6.82. The molecule has 0 saturated heterocycles. The van der Waals surface area contributed by atoms with Crippen LogP contribution in [0.1, 0.15) is 54.9 Å². The van der Waals surface area contributed by atoms with Crippen LogP contribution < -0.4 is 14.2 Å². The zero-order valence-corrected chi connectivity index (χ0v) is 21.2. The molecule has 0 saturated carbocycles. The second-order valence-corrected chi connectivity index (χ2v) is 10.7. The second-order valence-electron chi connectivity index (χ2n) is 9.00. The number of sulfonamides is 1. The van der Waals surface area contributed by atoms with Crippen molar-refractivity contribution < 1.29 is 26.7 Å². The van der Waals surface area contributed by atoms with E-state index in [0.29, 0.717) is 34.5 Å². The van der Waals surface area contributed by atoms with Crippen molar-refractivity contribution in [2.75, 3.05) is 11.0 Å². The van der Waals surface area contributed by atoms with Gasteiger partial charge < -0.3 is 9.47 Å². The molecule has 1 aliphatic heterocycles. The molecule has 0 amide bonds. The van der Waals surface area contributed by atoms with Gasteiger partial charge in [0.1, 0.15) is 17.6 Å². The Morgan fingerprint density at radius 1 is 1.05 bits per heavy atom. The molecule has 0 bridgehead atoms. The first-order valence-electron chi connectivity index (χ1n) is 12.1. The van der Waals surface area contributed by atoms with E-state index < -0.39 is 22.7 Å². The van der Waals surface area contributed by atoms with Gasteiger partial charge in [-0.05, 0) is 60.2 Å². The van der Waals surface area contributed by atoms with Gasteiger partial charge in [-0.1, -0.05) is 49.2 Å². The third-order valence-corrected chi connectivity index (χ3v) is 6.72. The number of nitrogens with zero attached hydrogens (tertiary/aromatic N) is 1. The Bertz CT molecular complexity index is 1400. The van der Waals surface area contributed by atoms with Crippen LogP contribution in [-0.2, 0) is 16.4 Å². The lowest BCUT2D eigenvalue weighted by Crippen LogP contribution is -2.18. The standard InChI is InChI=1S/C28H28F2N2O4S/c1-37(33,34)32-21-14-15-22-23(18-21)27(35-24-12-8-13-25(26(22)24)36-28(29)30)20-11-7-10-19(17-20)9-5-3-2-4-6-16-31/h7-8,10-15,17-18,27-28,32H,2-6,9H2,1H3. The summed E-state index contributed by atoms with van der Waals surface area (Å²) >= 11 is 0. The van der Waals surface area contributed by atoms with Gasteiger partial charge in [0.15, 0.2) is 0 Å². The fourth-order valence-corrected chi connectivity index (χ4v) is 5.15. The summed E-state index contributed by atoms with van der Waals surface area (Å²) in [5, 5.41) is 8.68. The first-order valence-corrected chi connectivity index (χ1v) is 14.0. The molecule has 0 aliphatic carbocycles. The number of nitrogens with one attached hydrogen (secondary N) is 1. The van der Waals surface area contributed by atoms with Gasteiger partial charge in [0.2, 0.25) is 10.0 Å². The van der Waals surface area contributed by atoms with Crippen molar-refractivity contribution in [2.24, 2.45) is 0 Å². The highest BCUT2D eigenvalue weighted by Gasteiger charge is 2.31. The molecule has 1 heterocycles. The van der Waals surface area contributed by atoms with E-state index in [1.54, 1.807) is 30.3 Å². The maximum atomic E-state index is 13.1. The first-order chi connectivity index (χ1) is 17.7. The topological polar surface area (TPSA) is 88.4 Å². The van der Waals surface area contributed by atoms with Crippen molar-refractivity contribution in [2.45, 2.75) is 51.2 Å². The lowest BCUT2D eigenvalue weighted by Gasteiger charge is -2.31.